The van der Waals surface area contributed by atoms with E-state index in [1.165, 1.54) is 18.2 Å². The number of ether oxygens (including phenoxy) is 1. The second-order valence-corrected chi connectivity index (χ2v) is 5.19. The van der Waals surface area contributed by atoms with Crippen molar-refractivity contribution >= 4 is 5.78 Å². The molecule has 0 aromatic heterocycles. The van der Waals surface area contributed by atoms with E-state index in [2.05, 4.69) is 6.07 Å². The van der Waals surface area contributed by atoms with Gasteiger partial charge in [-0.15, -0.1) is 0 Å². The molecule has 18 heavy (non-hydrogen) atoms. The largest absolute Gasteiger partial charge is 0.362 e. The lowest BCUT2D eigenvalue weighted by atomic mass is 9.91. The molecule has 3 nitrogen and oxygen atoms in total. The monoisotopic (exact) mass is 246 g/mol. The number of carbonyl (C=O) groups is 1. The average Bonchev–Trinajstić information content (AvgIpc) is 3.01. The second-order valence-electron chi connectivity index (χ2n) is 5.19. The van der Waals surface area contributed by atoms with Crippen LogP contribution in [0.2, 0.25) is 0 Å². The molecule has 2 aliphatic rings. The van der Waals surface area contributed by atoms with Gasteiger partial charge in [0.2, 0.25) is 12.1 Å². The van der Waals surface area contributed by atoms with Gasteiger partial charge in [-0.05, 0) is 60.8 Å². The molecular weight excluding hydrogens is 228 g/mol. The Morgan fingerprint density at radius 2 is 1.72 bits per heavy atom. The molecule has 3 heteroatoms. The minimum absolute atomic E-state index is 0.255. The molecule has 0 bridgehead atoms. The summed E-state index contributed by atoms with van der Waals surface area (Å²) in [5.41, 5.74) is 5.71. The fraction of sp³-hybridized carbons (Fsp3) is 0.533. The Hall–Kier alpha value is -1.19. The minimum atomic E-state index is -1.32. The highest BCUT2D eigenvalue weighted by Gasteiger charge is 2.30. The number of carbonyl (C=O) groups excluding carboxylic acids is 1. The number of aryl methyl sites for hydroxylation is 2. The zero-order valence-corrected chi connectivity index (χ0v) is 10.7. The van der Waals surface area contributed by atoms with Crippen LogP contribution in [0.3, 0.4) is 0 Å². The third-order valence-corrected chi connectivity index (χ3v) is 4.17. The Bertz CT molecular complexity index is 473. The van der Waals surface area contributed by atoms with Crippen molar-refractivity contribution in [2.75, 3.05) is 7.11 Å². The normalized spacial score (nSPS) is 18.6. The zero-order valence-electron chi connectivity index (χ0n) is 10.7. The molecule has 3 rings (SSSR count). The van der Waals surface area contributed by atoms with Gasteiger partial charge >= 0.3 is 0 Å². The van der Waals surface area contributed by atoms with E-state index in [-0.39, 0.29) is 5.78 Å². The van der Waals surface area contributed by atoms with Gasteiger partial charge in [0.05, 0.1) is 0 Å². The van der Waals surface area contributed by atoms with Crippen LogP contribution in [0.4, 0.5) is 0 Å². The van der Waals surface area contributed by atoms with Crippen molar-refractivity contribution < 1.29 is 14.6 Å². The number of methoxy groups -OCH3 is 1. The van der Waals surface area contributed by atoms with E-state index in [0.29, 0.717) is 0 Å². The van der Waals surface area contributed by atoms with Crippen molar-refractivity contribution in [3.63, 3.8) is 0 Å². The van der Waals surface area contributed by atoms with Gasteiger partial charge in [0.1, 0.15) is 0 Å². The molecule has 0 saturated heterocycles. The summed E-state index contributed by atoms with van der Waals surface area (Å²) in [6.45, 7) is 0. The fourth-order valence-corrected chi connectivity index (χ4v) is 3.34. The molecule has 0 amide bonds. The molecule has 0 heterocycles. The Morgan fingerprint density at radius 3 is 2.22 bits per heavy atom. The first-order valence-corrected chi connectivity index (χ1v) is 6.64. The van der Waals surface area contributed by atoms with Crippen LogP contribution in [0.15, 0.2) is 6.07 Å². The molecule has 1 N–H and O–H groups in total. The number of rotatable bonds is 3. The summed E-state index contributed by atoms with van der Waals surface area (Å²) in [5, 5.41) is 9.67. The predicted octanol–water partition coefficient (Wildman–Crippen LogP) is 1.81. The van der Waals surface area contributed by atoms with Gasteiger partial charge < -0.3 is 9.84 Å². The first-order valence-electron chi connectivity index (χ1n) is 6.64. The Balaban J connectivity index is 2.15. The summed E-state index contributed by atoms with van der Waals surface area (Å²) in [7, 11) is 1.37. The highest BCUT2D eigenvalue weighted by molar-refractivity contribution is 6.02. The quantitative estimate of drug-likeness (QED) is 0.653. The van der Waals surface area contributed by atoms with E-state index in [1.54, 1.807) is 0 Å². The van der Waals surface area contributed by atoms with Crippen LogP contribution in [-0.4, -0.2) is 24.3 Å². The van der Waals surface area contributed by atoms with Gasteiger partial charge in [-0.1, -0.05) is 6.07 Å². The first-order chi connectivity index (χ1) is 8.72. The number of ketones is 1. The SMILES string of the molecule is CO[C@H](O)C(=O)c1c2c(cc3c1CCC3)CCC2. The van der Waals surface area contributed by atoms with E-state index in [9.17, 15) is 9.90 Å². The number of hydrogen-bond acceptors (Lipinski definition) is 3. The van der Waals surface area contributed by atoms with E-state index in [0.717, 1.165) is 55.2 Å². The highest BCUT2D eigenvalue weighted by Crippen LogP contribution is 2.35. The zero-order chi connectivity index (χ0) is 12.7. The summed E-state index contributed by atoms with van der Waals surface area (Å²) in [6.07, 6.45) is 4.95. The van der Waals surface area contributed by atoms with Crippen LogP contribution in [0, 0.1) is 0 Å². The summed E-state index contributed by atoms with van der Waals surface area (Å²) in [4.78, 5) is 12.3. The van der Waals surface area contributed by atoms with Crippen molar-refractivity contribution in [1.29, 1.82) is 0 Å². The number of hydrogen-bond donors (Lipinski definition) is 1. The molecule has 0 fully saturated rings. The van der Waals surface area contributed by atoms with Gasteiger partial charge in [0.15, 0.2) is 0 Å². The van der Waals surface area contributed by atoms with Crippen LogP contribution >= 0.6 is 0 Å². The van der Waals surface area contributed by atoms with Gasteiger partial charge in [0, 0.05) is 12.7 Å². The molecule has 1 atom stereocenters. The average molecular weight is 246 g/mol. The van der Waals surface area contributed by atoms with Crippen molar-refractivity contribution in [3.8, 4) is 0 Å². The molecule has 1 aromatic rings. The van der Waals surface area contributed by atoms with Crippen LogP contribution in [-0.2, 0) is 30.4 Å². The molecule has 0 radical (unpaired) electrons. The fourth-order valence-electron chi connectivity index (χ4n) is 3.34. The van der Waals surface area contributed by atoms with Crippen LogP contribution in [0.25, 0.3) is 0 Å². The highest BCUT2D eigenvalue weighted by atomic mass is 16.6. The lowest BCUT2D eigenvalue weighted by Crippen LogP contribution is -2.25. The third kappa shape index (κ3) is 1.70. The second kappa shape index (κ2) is 4.48. The Kier molecular flexibility index (Phi) is 2.96. The summed E-state index contributed by atoms with van der Waals surface area (Å²) in [5.74, 6) is -0.255. The standard InChI is InChI=1S/C15H18O3/c1-18-15(17)14(16)13-11-6-2-4-9(11)8-10-5-3-7-12(10)13/h8,15,17H,2-7H2,1H3/t15-/m0/s1. The lowest BCUT2D eigenvalue weighted by molar-refractivity contribution is -0.0484. The van der Waals surface area contributed by atoms with E-state index in [4.69, 9.17) is 4.74 Å². The van der Waals surface area contributed by atoms with Crippen molar-refractivity contribution in [2.45, 2.75) is 44.8 Å². The number of Topliss-reactive ketones (excluding diaryl/α,β-unsaturated/α-hetero) is 1. The van der Waals surface area contributed by atoms with Gasteiger partial charge in [-0.2, -0.15) is 0 Å². The van der Waals surface area contributed by atoms with Crippen molar-refractivity contribution in [3.05, 3.63) is 33.9 Å². The Labute approximate surface area is 107 Å². The first kappa shape index (κ1) is 11.9. The maximum atomic E-state index is 12.3. The maximum Gasteiger partial charge on any atom is 0.219 e. The van der Waals surface area contributed by atoms with E-state index < -0.39 is 6.29 Å². The molecular formula is C15H18O3. The van der Waals surface area contributed by atoms with Crippen LogP contribution in [0.1, 0.15) is 45.5 Å². The van der Waals surface area contributed by atoms with Crippen molar-refractivity contribution in [1.82, 2.24) is 0 Å². The van der Waals surface area contributed by atoms with E-state index >= 15 is 0 Å². The Morgan fingerprint density at radius 1 is 1.17 bits per heavy atom. The molecule has 1 aromatic carbocycles. The van der Waals surface area contributed by atoms with E-state index in [1.807, 2.05) is 0 Å². The molecule has 96 valence electrons. The lowest BCUT2D eigenvalue weighted by Gasteiger charge is -2.16. The molecule has 0 aliphatic heterocycles. The molecule has 0 unspecified atom stereocenters. The van der Waals surface area contributed by atoms with Gasteiger partial charge in [0.25, 0.3) is 0 Å². The van der Waals surface area contributed by atoms with Crippen molar-refractivity contribution in [2.24, 2.45) is 0 Å². The minimum Gasteiger partial charge on any atom is -0.362 e. The molecule has 2 aliphatic carbocycles. The molecule has 0 spiro atoms. The topological polar surface area (TPSA) is 46.5 Å². The number of benzene rings is 1. The number of fused-ring (bicyclic) bond motifs is 2. The molecule has 0 saturated carbocycles. The van der Waals surface area contributed by atoms with Crippen LogP contribution < -0.4 is 0 Å². The summed E-state index contributed by atoms with van der Waals surface area (Å²) in [6, 6.07) is 2.28. The number of aliphatic hydroxyl groups is 1. The summed E-state index contributed by atoms with van der Waals surface area (Å²) < 4.78 is 4.79. The maximum absolute atomic E-state index is 12.3. The van der Waals surface area contributed by atoms with Gasteiger partial charge in [-0.25, -0.2) is 0 Å². The van der Waals surface area contributed by atoms with Crippen LogP contribution in [0.5, 0.6) is 0 Å². The predicted molar refractivity (Wildman–Crippen MR) is 67.8 cm³/mol. The smallest absolute Gasteiger partial charge is 0.219 e. The third-order valence-electron chi connectivity index (χ3n) is 4.17. The number of aliphatic hydroxyl groups excluding tert-OH is 1. The summed E-state index contributed by atoms with van der Waals surface area (Å²) >= 11 is 0. The van der Waals surface area contributed by atoms with Gasteiger partial charge in [-0.3, -0.25) is 4.79 Å².